The number of amides is 1. The van der Waals surface area contributed by atoms with E-state index in [1.807, 2.05) is 33.0 Å². The van der Waals surface area contributed by atoms with Gasteiger partial charge in [0.15, 0.2) is 0 Å². The van der Waals surface area contributed by atoms with E-state index in [4.69, 9.17) is 0 Å². The quantitative estimate of drug-likeness (QED) is 0.384. The van der Waals surface area contributed by atoms with Gasteiger partial charge >= 0.3 is 6.18 Å². The van der Waals surface area contributed by atoms with Crippen LogP contribution in [0.3, 0.4) is 0 Å². The lowest BCUT2D eigenvalue weighted by Gasteiger charge is -2.23. The van der Waals surface area contributed by atoms with E-state index < -0.39 is 17.6 Å². The molecule has 1 aliphatic rings. The molecule has 4 aromatic rings. The Morgan fingerprint density at radius 2 is 1.90 bits per heavy atom. The summed E-state index contributed by atoms with van der Waals surface area (Å²) in [7, 11) is 5.74. The van der Waals surface area contributed by atoms with E-state index in [2.05, 4.69) is 30.6 Å². The molecule has 1 N–H and O–H groups in total. The van der Waals surface area contributed by atoms with Gasteiger partial charge in [-0.2, -0.15) is 18.3 Å². The number of likely N-dealkylation sites (N-methyl/N-ethyl adjacent to an activating group) is 1. The van der Waals surface area contributed by atoms with Gasteiger partial charge in [0.2, 0.25) is 0 Å². The number of hydrogen-bond donors (Lipinski definition) is 1. The van der Waals surface area contributed by atoms with Gasteiger partial charge in [0, 0.05) is 55.0 Å². The zero-order chi connectivity index (χ0) is 28.8. The highest BCUT2D eigenvalue weighted by atomic mass is 19.4. The molecule has 1 aliphatic heterocycles. The summed E-state index contributed by atoms with van der Waals surface area (Å²) in [6.45, 7) is 4.92. The smallest absolute Gasteiger partial charge is 0.370 e. The van der Waals surface area contributed by atoms with E-state index in [1.54, 1.807) is 36.1 Å². The van der Waals surface area contributed by atoms with Gasteiger partial charge in [-0.05, 0) is 58.6 Å². The Labute approximate surface area is 229 Å². The third-order valence-corrected chi connectivity index (χ3v) is 7.34. The minimum atomic E-state index is -4.56. The van der Waals surface area contributed by atoms with Crippen LogP contribution in [0.5, 0.6) is 0 Å². The zero-order valence-corrected chi connectivity index (χ0v) is 22.9. The highest BCUT2D eigenvalue weighted by Crippen LogP contribution is 2.36. The topological polar surface area (TPSA) is 97.0 Å². The van der Waals surface area contributed by atoms with Crippen molar-refractivity contribution in [3.8, 4) is 16.9 Å². The lowest BCUT2D eigenvalue weighted by molar-refractivity contribution is -0.137. The molecule has 0 radical (unpaired) electrons. The van der Waals surface area contributed by atoms with Gasteiger partial charge in [-0.1, -0.05) is 5.21 Å². The number of rotatable bonds is 6. The monoisotopic (exact) mass is 553 g/mol. The summed E-state index contributed by atoms with van der Waals surface area (Å²) in [6, 6.07) is 5.48. The first-order chi connectivity index (χ1) is 18.9. The fraction of sp³-hybridized carbons (Fsp3) is 0.370. The van der Waals surface area contributed by atoms with Crippen LogP contribution in [0.1, 0.15) is 33.7 Å². The number of alkyl halides is 3. The number of hydrogen-bond acceptors (Lipinski definition) is 7. The second-order valence-electron chi connectivity index (χ2n) is 10.2. The van der Waals surface area contributed by atoms with Crippen molar-refractivity contribution in [2.45, 2.75) is 32.5 Å². The molecule has 0 spiro atoms. The van der Waals surface area contributed by atoms with E-state index in [-0.39, 0.29) is 17.3 Å². The Morgan fingerprint density at radius 1 is 1.12 bits per heavy atom. The highest BCUT2D eigenvalue weighted by Gasteiger charge is 2.33. The van der Waals surface area contributed by atoms with E-state index in [0.29, 0.717) is 35.9 Å². The van der Waals surface area contributed by atoms with Gasteiger partial charge in [-0.3, -0.25) is 14.5 Å². The van der Waals surface area contributed by atoms with Crippen molar-refractivity contribution in [2.75, 3.05) is 37.4 Å². The molecule has 1 unspecified atom stereocenters. The fourth-order valence-corrected chi connectivity index (χ4v) is 4.76. The number of carbonyl (C=O) groups excluding carboxylic acids is 1. The number of nitrogens with one attached hydrogen (secondary N) is 1. The van der Waals surface area contributed by atoms with Crippen molar-refractivity contribution < 1.29 is 18.0 Å². The SMILES string of the molecule is Cc1ncc(C(=O)Nc2cc(N3CCC(N(C)C)C3)cc(C(F)(F)F)c2)cc1-n1cc(-c2cnn(C)c2C)nn1. The van der Waals surface area contributed by atoms with Crippen molar-refractivity contribution in [1.82, 2.24) is 34.7 Å². The first kappa shape index (κ1) is 27.3. The molecule has 1 atom stereocenters. The number of carbonyl (C=O) groups is 1. The van der Waals surface area contributed by atoms with Gasteiger partial charge in [0.25, 0.3) is 5.91 Å². The van der Waals surface area contributed by atoms with Gasteiger partial charge in [0.05, 0.1) is 34.9 Å². The van der Waals surface area contributed by atoms with E-state index in [0.717, 1.165) is 29.8 Å². The molecule has 210 valence electrons. The molecule has 0 saturated carbocycles. The van der Waals surface area contributed by atoms with Crippen LogP contribution in [0.25, 0.3) is 16.9 Å². The molecule has 5 rings (SSSR count). The molecule has 1 fully saturated rings. The standard InChI is InChI=1S/C27H30F3N9O/c1-16-25(39-15-24(34-35-39)23-13-32-37(5)17(23)2)8-18(12-31-16)26(40)33-20-9-19(27(28,29)30)10-22(11-20)38-7-6-21(14-38)36(3)4/h8-13,15,21H,6-7,14H2,1-5H3,(H,33,40). The van der Waals surface area contributed by atoms with Crippen LogP contribution in [-0.4, -0.2) is 73.8 Å². The fourth-order valence-electron chi connectivity index (χ4n) is 4.76. The molecule has 1 aromatic carbocycles. The second-order valence-corrected chi connectivity index (χ2v) is 10.2. The summed E-state index contributed by atoms with van der Waals surface area (Å²) < 4.78 is 44.5. The molecule has 0 bridgehead atoms. The maximum Gasteiger partial charge on any atom is 0.416 e. The number of aryl methyl sites for hydroxylation is 2. The van der Waals surface area contributed by atoms with Crippen molar-refractivity contribution in [3.05, 3.63) is 65.4 Å². The maximum atomic E-state index is 13.8. The first-order valence-electron chi connectivity index (χ1n) is 12.7. The van der Waals surface area contributed by atoms with Crippen molar-refractivity contribution in [3.63, 3.8) is 0 Å². The minimum absolute atomic E-state index is 0.0559. The third kappa shape index (κ3) is 5.41. The molecule has 10 nitrogen and oxygen atoms in total. The van der Waals surface area contributed by atoms with Crippen LogP contribution in [0.2, 0.25) is 0 Å². The summed E-state index contributed by atoms with van der Waals surface area (Å²) in [4.78, 5) is 21.5. The first-order valence-corrected chi connectivity index (χ1v) is 12.7. The van der Waals surface area contributed by atoms with Gasteiger partial charge < -0.3 is 15.1 Å². The van der Waals surface area contributed by atoms with Crippen LogP contribution in [-0.2, 0) is 13.2 Å². The highest BCUT2D eigenvalue weighted by molar-refractivity contribution is 6.04. The van der Waals surface area contributed by atoms with Crippen LogP contribution in [0.15, 0.2) is 42.9 Å². The molecule has 1 saturated heterocycles. The third-order valence-electron chi connectivity index (χ3n) is 7.34. The number of anilines is 2. The van der Waals surface area contributed by atoms with Crippen LogP contribution in [0.4, 0.5) is 24.5 Å². The Hall–Kier alpha value is -4.26. The molecular formula is C27H30F3N9O. The molecule has 13 heteroatoms. The number of pyridine rings is 1. The van der Waals surface area contributed by atoms with Crippen molar-refractivity contribution in [2.24, 2.45) is 7.05 Å². The Kier molecular flexibility index (Phi) is 7.08. The molecule has 3 aromatic heterocycles. The average Bonchev–Trinajstić information content (AvgIpc) is 3.65. The Morgan fingerprint density at radius 3 is 2.55 bits per heavy atom. The number of halogens is 3. The molecule has 4 heterocycles. The van der Waals surface area contributed by atoms with Crippen LogP contribution < -0.4 is 10.2 Å². The van der Waals surface area contributed by atoms with Crippen molar-refractivity contribution in [1.29, 1.82) is 0 Å². The van der Waals surface area contributed by atoms with Gasteiger partial charge in [0.1, 0.15) is 5.69 Å². The number of benzene rings is 1. The summed E-state index contributed by atoms with van der Waals surface area (Å²) in [6.07, 6.45) is 1.07. The summed E-state index contributed by atoms with van der Waals surface area (Å²) in [5.41, 5.74) is 3.28. The maximum absolute atomic E-state index is 13.8. The minimum Gasteiger partial charge on any atom is -0.370 e. The van der Waals surface area contributed by atoms with Gasteiger partial charge in [-0.15, -0.1) is 5.10 Å². The van der Waals surface area contributed by atoms with Crippen molar-refractivity contribution >= 4 is 17.3 Å². The predicted molar refractivity (Wildman–Crippen MR) is 145 cm³/mol. The lowest BCUT2D eigenvalue weighted by atomic mass is 10.1. The molecule has 0 aliphatic carbocycles. The molecular weight excluding hydrogens is 523 g/mol. The van der Waals surface area contributed by atoms with E-state index >= 15 is 0 Å². The molecule has 1 amide bonds. The Bertz CT molecular complexity index is 1560. The zero-order valence-electron chi connectivity index (χ0n) is 22.9. The summed E-state index contributed by atoms with van der Waals surface area (Å²) in [5.74, 6) is -0.588. The Balaban J connectivity index is 1.42. The largest absolute Gasteiger partial charge is 0.416 e. The number of aromatic nitrogens is 6. The molecule has 40 heavy (non-hydrogen) atoms. The summed E-state index contributed by atoms with van der Waals surface area (Å²) in [5, 5.41) is 15.3. The second kappa shape index (κ2) is 10.4. The van der Waals surface area contributed by atoms with E-state index in [1.165, 1.54) is 10.9 Å². The van der Waals surface area contributed by atoms with Gasteiger partial charge in [-0.25, -0.2) is 4.68 Å². The average molecular weight is 554 g/mol. The summed E-state index contributed by atoms with van der Waals surface area (Å²) >= 11 is 0. The number of nitrogens with zero attached hydrogens (tertiary/aromatic N) is 8. The predicted octanol–water partition coefficient (Wildman–Crippen LogP) is 4.09. The lowest BCUT2D eigenvalue weighted by Crippen LogP contribution is -2.31. The van der Waals surface area contributed by atoms with Crippen LogP contribution in [0, 0.1) is 13.8 Å². The van der Waals surface area contributed by atoms with E-state index in [9.17, 15) is 18.0 Å². The normalized spacial score (nSPS) is 15.7. The van der Waals surface area contributed by atoms with Crippen LogP contribution >= 0.6 is 0 Å².